The number of carbonyl (C=O) groups excluding carboxylic acids is 1. The molecule has 9 heteroatoms. The molecular weight excluding hydrogens is 450 g/mol. The van der Waals surface area contributed by atoms with E-state index in [1.54, 1.807) is 40.7 Å². The molecule has 34 heavy (non-hydrogen) atoms. The van der Waals surface area contributed by atoms with E-state index in [1.807, 2.05) is 6.07 Å². The van der Waals surface area contributed by atoms with E-state index >= 15 is 0 Å². The molecule has 0 bridgehead atoms. The van der Waals surface area contributed by atoms with Gasteiger partial charge in [-0.1, -0.05) is 6.42 Å². The first-order chi connectivity index (χ1) is 16.5. The van der Waals surface area contributed by atoms with Crippen molar-refractivity contribution in [1.29, 1.82) is 5.26 Å². The van der Waals surface area contributed by atoms with E-state index in [0.717, 1.165) is 50.9 Å². The maximum absolute atomic E-state index is 13.2. The molecular formula is C25H31N5O3S. The van der Waals surface area contributed by atoms with E-state index in [2.05, 4.69) is 21.6 Å². The number of nitriles is 1. The first-order valence-electron chi connectivity index (χ1n) is 11.9. The van der Waals surface area contributed by atoms with Crippen LogP contribution in [-0.4, -0.2) is 51.4 Å². The topological polar surface area (TPSA) is 106 Å². The Morgan fingerprint density at radius 3 is 2.21 bits per heavy atom. The van der Waals surface area contributed by atoms with Gasteiger partial charge in [-0.25, -0.2) is 8.42 Å². The number of benzene rings is 2. The summed E-state index contributed by atoms with van der Waals surface area (Å²) in [5, 5.41) is 14.9. The predicted octanol–water partition coefficient (Wildman–Crippen LogP) is 3.77. The summed E-state index contributed by atoms with van der Waals surface area (Å²) in [7, 11) is -3.58. The minimum Gasteiger partial charge on any atom is -0.374 e. The van der Waals surface area contributed by atoms with E-state index < -0.39 is 10.0 Å². The molecule has 2 saturated heterocycles. The van der Waals surface area contributed by atoms with Crippen molar-refractivity contribution in [3.05, 3.63) is 48.0 Å². The lowest BCUT2D eigenvalue weighted by Gasteiger charge is -2.31. The third-order valence-corrected chi connectivity index (χ3v) is 8.25. The van der Waals surface area contributed by atoms with Gasteiger partial charge in [0.15, 0.2) is 0 Å². The second-order valence-corrected chi connectivity index (χ2v) is 10.7. The Morgan fingerprint density at radius 1 is 0.912 bits per heavy atom. The van der Waals surface area contributed by atoms with E-state index in [4.69, 9.17) is 5.26 Å². The molecule has 2 aliphatic heterocycles. The summed E-state index contributed by atoms with van der Waals surface area (Å²) >= 11 is 0. The Hall–Kier alpha value is -3.09. The molecule has 0 radical (unpaired) electrons. The molecule has 0 unspecified atom stereocenters. The molecule has 0 atom stereocenters. The molecule has 2 fully saturated rings. The lowest BCUT2D eigenvalue weighted by Crippen LogP contribution is -2.36. The van der Waals surface area contributed by atoms with Crippen LogP contribution in [0.1, 0.15) is 44.1 Å². The molecule has 8 nitrogen and oxygen atoms in total. The van der Waals surface area contributed by atoms with Gasteiger partial charge in [0.2, 0.25) is 15.9 Å². The Kier molecular flexibility index (Phi) is 7.70. The van der Waals surface area contributed by atoms with Crippen LogP contribution in [0.5, 0.6) is 0 Å². The Labute approximate surface area is 201 Å². The number of carbonyl (C=O) groups is 1. The quantitative estimate of drug-likeness (QED) is 0.624. The molecule has 2 aromatic rings. The first kappa shape index (κ1) is 24.0. The highest BCUT2D eigenvalue weighted by Crippen LogP contribution is 2.32. The van der Waals surface area contributed by atoms with Crippen molar-refractivity contribution in [2.75, 3.05) is 48.3 Å². The number of hydrogen-bond acceptors (Lipinski definition) is 6. The molecule has 4 rings (SSSR count). The summed E-state index contributed by atoms with van der Waals surface area (Å²) in [5.74, 6) is -0.251. The standard InChI is InChI=1S/C25H31N5O3S/c26-18-20-7-9-21(10-8-20)28-25(31)19-27-23-17-22(34(32,33)30-15-5-2-6-16-30)11-12-24(23)29-13-3-1-4-14-29/h7-12,17,27H,1-6,13-16,19H2,(H,28,31). The van der Waals surface area contributed by atoms with Gasteiger partial charge in [-0.3, -0.25) is 4.79 Å². The Balaban J connectivity index is 1.53. The van der Waals surface area contributed by atoms with Crippen molar-refractivity contribution in [1.82, 2.24) is 4.31 Å². The van der Waals surface area contributed by atoms with Gasteiger partial charge >= 0.3 is 0 Å². The SMILES string of the molecule is N#Cc1ccc(NC(=O)CNc2cc(S(=O)(=O)N3CCCCC3)ccc2N2CCCCC2)cc1. The van der Waals surface area contributed by atoms with E-state index in [0.29, 0.717) is 30.0 Å². The van der Waals surface area contributed by atoms with Crippen molar-refractivity contribution in [2.45, 2.75) is 43.4 Å². The summed E-state index contributed by atoms with van der Waals surface area (Å²) in [4.78, 5) is 15.1. The van der Waals surface area contributed by atoms with Crippen LogP contribution in [0.3, 0.4) is 0 Å². The summed E-state index contributed by atoms with van der Waals surface area (Å²) in [6.07, 6.45) is 6.19. The van der Waals surface area contributed by atoms with Crippen LogP contribution in [0.15, 0.2) is 47.4 Å². The molecule has 0 spiro atoms. The second-order valence-electron chi connectivity index (χ2n) is 8.78. The third kappa shape index (κ3) is 5.69. The Bertz CT molecular complexity index is 1150. The molecule has 2 aromatic carbocycles. The van der Waals surface area contributed by atoms with Crippen LogP contribution >= 0.6 is 0 Å². The fraction of sp³-hybridized carbons (Fsp3) is 0.440. The minimum atomic E-state index is -3.58. The van der Waals surface area contributed by atoms with Gasteiger partial charge in [-0.15, -0.1) is 0 Å². The zero-order valence-electron chi connectivity index (χ0n) is 19.3. The molecule has 180 valence electrons. The summed E-state index contributed by atoms with van der Waals surface area (Å²) < 4.78 is 28.0. The number of hydrogen-bond donors (Lipinski definition) is 2. The molecule has 1 amide bonds. The van der Waals surface area contributed by atoms with Gasteiger partial charge in [-0.05, 0) is 74.6 Å². The number of amides is 1. The lowest BCUT2D eigenvalue weighted by molar-refractivity contribution is -0.114. The summed E-state index contributed by atoms with van der Waals surface area (Å²) in [6, 6.07) is 13.9. The molecule has 2 N–H and O–H groups in total. The highest BCUT2D eigenvalue weighted by atomic mass is 32.2. The van der Waals surface area contributed by atoms with Gasteiger partial charge in [0.1, 0.15) is 0 Å². The zero-order valence-corrected chi connectivity index (χ0v) is 20.1. The van der Waals surface area contributed by atoms with Crippen LogP contribution in [0.4, 0.5) is 17.1 Å². The van der Waals surface area contributed by atoms with Gasteiger partial charge in [-0.2, -0.15) is 9.57 Å². The van der Waals surface area contributed by atoms with Crippen LogP contribution in [-0.2, 0) is 14.8 Å². The second kappa shape index (κ2) is 10.9. The third-order valence-electron chi connectivity index (χ3n) is 6.35. The fourth-order valence-corrected chi connectivity index (χ4v) is 6.03. The van der Waals surface area contributed by atoms with Gasteiger partial charge in [0, 0.05) is 31.9 Å². The largest absolute Gasteiger partial charge is 0.374 e. The Morgan fingerprint density at radius 2 is 1.56 bits per heavy atom. The summed E-state index contributed by atoms with van der Waals surface area (Å²) in [6.45, 7) is 2.90. The molecule has 2 aliphatic rings. The fourth-order valence-electron chi connectivity index (χ4n) is 4.49. The van der Waals surface area contributed by atoms with Crippen molar-refractivity contribution in [2.24, 2.45) is 0 Å². The average Bonchev–Trinajstić information content (AvgIpc) is 2.89. The average molecular weight is 482 g/mol. The lowest BCUT2D eigenvalue weighted by atomic mass is 10.1. The number of nitrogens with one attached hydrogen (secondary N) is 2. The molecule has 0 aromatic heterocycles. The van der Waals surface area contributed by atoms with E-state index in [-0.39, 0.29) is 17.3 Å². The number of piperidine rings is 2. The number of anilines is 3. The summed E-state index contributed by atoms with van der Waals surface area (Å²) in [5.41, 5.74) is 2.69. The highest BCUT2D eigenvalue weighted by molar-refractivity contribution is 7.89. The highest BCUT2D eigenvalue weighted by Gasteiger charge is 2.27. The van der Waals surface area contributed by atoms with E-state index in [9.17, 15) is 13.2 Å². The number of sulfonamides is 1. The predicted molar refractivity (Wildman–Crippen MR) is 133 cm³/mol. The van der Waals surface area contributed by atoms with Gasteiger partial charge in [0.25, 0.3) is 0 Å². The van der Waals surface area contributed by atoms with Crippen molar-refractivity contribution in [3.63, 3.8) is 0 Å². The smallest absolute Gasteiger partial charge is 0.243 e. The monoisotopic (exact) mass is 481 g/mol. The van der Waals surface area contributed by atoms with Crippen LogP contribution in [0.25, 0.3) is 0 Å². The van der Waals surface area contributed by atoms with Gasteiger partial charge in [0.05, 0.1) is 34.4 Å². The first-order valence-corrected chi connectivity index (χ1v) is 13.3. The number of rotatable bonds is 7. The van der Waals surface area contributed by atoms with Crippen molar-refractivity contribution in [3.8, 4) is 6.07 Å². The zero-order chi connectivity index (χ0) is 24.0. The molecule has 0 aliphatic carbocycles. The van der Waals surface area contributed by atoms with E-state index in [1.165, 1.54) is 6.42 Å². The van der Waals surface area contributed by atoms with Crippen molar-refractivity contribution < 1.29 is 13.2 Å². The number of nitrogens with zero attached hydrogens (tertiary/aromatic N) is 3. The van der Waals surface area contributed by atoms with Crippen molar-refractivity contribution >= 4 is 33.0 Å². The maximum atomic E-state index is 13.2. The normalized spacial score (nSPS) is 17.1. The molecule has 2 heterocycles. The van der Waals surface area contributed by atoms with Gasteiger partial charge < -0.3 is 15.5 Å². The minimum absolute atomic E-state index is 0.00590. The van der Waals surface area contributed by atoms with Crippen LogP contribution in [0, 0.1) is 11.3 Å². The molecule has 0 saturated carbocycles. The maximum Gasteiger partial charge on any atom is 0.243 e. The van der Waals surface area contributed by atoms with Crippen LogP contribution in [0.2, 0.25) is 0 Å². The van der Waals surface area contributed by atoms with Crippen LogP contribution < -0.4 is 15.5 Å².